The number of Topliss-reactive ketones (excluding diaryl/α,β-unsaturated/α-hetero) is 1. The Morgan fingerprint density at radius 3 is 2.50 bits per heavy atom. The van der Waals surface area contributed by atoms with Crippen molar-refractivity contribution in [2.24, 2.45) is 0 Å². The van der Waals surface area contributed by atoms with Crippen molar-refractivity contribution in [1.82, 2.24) is 0 Å². The molecule has 0 bridgehead atoms. The summed E-state index contributed by atoms with van der Waals surface area (Å²) >= 11 is 5.85. The summed E-state index contributed by atoms with van der Waals surface area (Å²) in [5, 5.41) is 9.07. The van der Waals surface area contributed by atoms with E-state index in [9.17, 15) is 9.59 Å². The number of hydrogen-bond donors (Lipinski definition) is 1. The van der Waals surface area contributed by atoms with Crippen molar-refractivity contribution in [2.45, 2.75) is 6.92 Å². The van der Waals surface area contributed by atoms with Crippen molar-refractivity contribution < 1.29 is 14.7 Å². The molecule has 0 amide bonds. The van der Waals surface area contributed by atoms with Gasteiger partial charge in [-0.05, 0) is 25.1 Å². The minimum Gasteiger partial charge on any atom is -0.480 e. The first kappa shape index (κ1) is 12.5. The van der Waals surface area contributed by atoms with Gasteiger partial charge in [0.2, 0.25) is 0 Å². The maximum absolute atomic E-state index is 11.2. The van der Waals surface area contributed by atoms with Crippen LogP contribution in [0.1, 0.15) is 17.3 Å². The quantitative estimate of drug-likeness (QED) is 0.820. The Morgan fingerprint density at radius 1 is 1.38 bits per heavy atom. The van der Waals surface area contributed by atoms with E-state index in [1.165, 1.54) is 11.8 Å². The van der Waals surface area contributed by atoms with E-state index in [1.54, 1.807) is 25.2 Å². The van der Waals surface area contributed by atoms with Crippen LogP contribution in [0.25, 0.3) is 0 Å². The lowest BCUT2D eigenvalue weighted by Gasteiger charge is -2.17. The molecular weight excluding hydrogens is 230 g/mol. The van der Waals surface area contributed by atoms with Crippen molar-refractivity contribution in [3.05, 3.63) is 28.8 Å². The van der Waals surface area contributed by atoms with Gasteiger partial charge < -0.3 is 10.0 Å². The Morgan fingerprint density at radius 2 is 2.00 bits per heavy atom. The second-order valence-corrected chi connectivity index (χ2v) is 3.94. The summed E-state index contributed by atoms with van der Waals surface area (Å²) in [6.45, 7) is 1.30. The van der Waals surface area contributed by atoms with Crippen molar-refractivity contribution in [1.29, 1.82) is 0 Å². The van der Waals surface area contributed by atoms with Gasteiger partial charge in [0.05, 0.1) is 0 Å². The summed E-state index contributed by atoms with van der Waals surface area (Å²) in [4.78, 5) is 23.3. The molecule has 0 heterocycles. The molecular formula is C11H12ClNO3. The maximum Gasteiger partial charge on any atom is 0.323 e. The number of carbonyl (C=O) groups excluding carboxylic acids is 1. The molecule has 1 rings (SSSR count). The first-order chi connectivity index (χ1) is 7.40. The minimum atomic E-state index is -0.938. The third kappa shape index (κ3) is 3.24. The van der Waals surface area contributed by atoms with E-state index in [4.69, 9.17) is 16.7 Å². The lowest BCUT2D eigenvalue weighted by atomic mass is 10.1. The number of benzene rings is 1. The number of carbonyl (C=O) groups is 2. The minimum absolute atomic E-state index is 0.104. The highest BCUT2D eigenvalue weighted by atomic mass is 35.5. The predicted molar refractivity (Wildman–Crippen MR) is 62.4 cm³/mol. The van der Waals surface area contributed by atoms with E-state index in [0.717, 1.165) is 0 Å². The molecule has 0 aliphatic heterocycles. The van der Waals surface area contributed by atoms with Crippen LogP contribution in [-0.2, 0) is 4.79 Å². The van der Waals surface area contributed by atoms with Gasteiger partial charge >= 0.3 is 5.97 Å². The Bertz CT molecular complexity index is 431. The summed E-state index contributed by atoms with van der Waals surface area (Å²) < 4.78 is 0. The van der Waals surface area contributed by atoms with Crippen LogP contribution in [0.4, 0.5) is 5.69 Å². The second kappa shape index (κ2) is 4.99. The number of carboxylic acid groups (broad SMARTS) is 1. The van der Waals surface area contributed by atoms with Crippen molar-refractivity contribution >= 4 is 29.0 Å². The smallest absolute Gasteiger partial charge is 0.323 e. The van der Waals surface area contributed by atoms with Gasteiger partial charge in [-0.25, -0.2) is 0 Å². The first-order valence-electron chi connectivity index (χ1n) is 4.64. The maximum atomic E-state index is 11.2. The van der Waals surface area contributed by atoms with Gasteiger partial charge in [-0.2, -0.15) is 0 Å². The third-order valence-electron chi connectivity index (χ3n) is 2.10. The van der Waals surface area contributed by atoms with Crippen LogP contribution in [-0.4, -0.2) is 30.5 Å². The molecule has 1 aromatic carbocycles. The fraction of sp³-hybridized carbons (Fsp3) is 0.273. The van der Waals surface area contributed by atoms with E-state index < -0.39 is 5.97 Å². The number of carboxylic acids is 1. The van der Waals surface area contributed by atoms with Crippen LogP contribution >= 0.6 is 11.6 Å². The van der Waals surface area contributed by atoms with Gasteiger partial charge in [0.25, 0.3) is 0 Å². The molecule has 16 heavy (non-hydrogen) atoms. The standard InChI is InChI=1S/C11H12ClNO3/c1-7(14)8-3-9(12)5-10(4-8)13(2)6-11(15)16/h3-5H,6H2,1-2H3,(H,15,16). The SMILES string of the molecule is CC(=O)c1cc(Cl)cc(N(C)CC(=O)O)c1. The molecule has 0 unspecified atom stereocenters. The number of hydrogen-bond acceptors (Lipinski definition) is 3. The fourth-order valence-electron chi connectivity index (χ4n) is 1.29. The average Bonchev–Trinajstić information content (AvgIpc) is 2.15. The third-order valence-corrected chi connectivity index (χ3v) is 2.32. The number of nitrogens with zero attached hydrogens (tertiary/aromatic N) is 1. The monoisotopic (exact) mass is 241 g/mol. The van der Waals surface area contributed by atoms with Gasteiger partial charge in [0.15, 0.2) is 5.78 Å². The van der Waals surface area contributed by atoms with E-state index >= 15 is 0 Å². The molecule has 0 aromatic heterocycles. The lowest BCUT2D eigenvalue weighted by molar-refractivity contribution is -0.135. The van der Waals surface area contributed by atoms with Gasteiger partial charge in [0, 0.05) is 23.3 Å². The van der Waals surface area contributed by atoms with E-state index in [0.29, 0.717) is 16.3 Å². The molecule has 86 valence electrons. The normalized spacial score (nSPS) is 9.94. The average molecular weight is 242 g/mol. The fourth-order valence-corrected chi connectivity index (χ4v) is 1.52. The molecule has 0 radical (unpaired) electrons. The summed E-state index contributed by atoms with van der Waals surface area (Å²) in [6, 6.07) is 4.80. The van der Waals surface area contributed by atoms with Crippen LogP contribution in [0.5, 0.6) is 0 Å². The predicted octanol–water partition coefficient (Wildman–Crippen LogP) is 2.06. The Labute approximate surface area is 98.4 Å². The van der Waals surface area contributed by atoms with Crippen LogP contribution in [0.15, 0.2) is 18.2 Å². The van der Waals surface area contributed by atoms with Crippen LogP contribution in [0, 0.1) is 0 Å². The summed E-state index contributed by atoms with van der Waals surface area (Å²) in [7, 11) is 1.63. The van der Waals surface area contributed by atoms with E-state index in [1.807, 2.05) is 0 Å². The van der Waals surface area contributed by atoms with Crippen molar-refractivity contribution in [3.8, 4) is 0 Å². The molecule has 4 nitrogen and oxygen atoms in total. The summed E-state index contributed by atoms with van der Waals surface area (Å²) in [5.74, 6) is -1.04. The first-order valence-corrected chi connectivity index (χ1v) is 5.02. The van der Waals surface area contributed by atoms with Crippen LogP contribution in [0.2, 0.25) is 5.02 Å². The molecule has 1 aromatic rings. The largest absolute Gasteiger partial charge is 0.480 e. The zero-order valence-electron chi connectivity index (χ0n) is 9.03. The zero-order chi connectivity index (χ0) is 12.3. The van der Waals surface area contributed by atoms with Crippen molar-refractivity contribution in [3.63, 3.8) is 0 Å². The number of rotatable bonds is 4. The Kier molecular flexibility index (Phi) is 3.90. The van der Waals surface area contributed by atoms with Gasteiger partial charge in [-0.15, -0.1) is 0 Å². The lowest BCUT2D eigenvalue weighted by Crippen LogP contribution is -2.25. The Balaban J connectivity index is 3.04. The molecule has 1 N–H and O–H groups in total. The number of halogens is 1. The van der Waals surface area contributed by atoms with Gasteiger partial charge in [-0.1, -0.05) is 11.6 Å². The number of ketones is 1. The molecule has 0 atom stereocenters. The molecule has 0 aliphatic carbocycles. The molecule has 0 aliphatic rings. The second-order valence-electron chi connectivity index (χ2n) is 3.50. The van der Waals surface area contributed by atoms with E-state index in [2.05, 4.69) is 0 Å². The molecule has 0 spiro atoms. The topological polar surface area (TPSA) is 57.6 Å². The van der Waals surface area contributed by atoms with Gasteiger partial charge in [-0.3, -0.25) is 9.59 Å². The molecule has 0 fully saturated rings. The van der Waals surface area contributed by atoms with Crippen molar-refractivity contribution in [2.75, 3.05) is 18.5 Å². The van der Waals surface area contributed by atoms with Crippen LogP contribution < -0.4 is 4.90 Å². The van der Waals surface area contributed by atoms with Gasteiger partial charge in [0.1, 0.15) is 6.54 Å². The number of likely N-dealkylation sites (N-methyl/N-ethyl adjacent to an activating group) is 1. The number of anilines is 1. The van der Waals surface area contributed by atoms with E-state index in [-0.39, 0.29) is 12.3 Å². The highest BCUT2D eigenvalue weighted by Crippen LogP contribution is 2.21. The Hall–Kier alpha value is -1.55. The highest BCUT2D eigenvalue weighted by molar-refractivity contribution is 6.31. The molecule has 5 heteroatoms. The highest BCUT2D eigenvalue weighted by Gasteiger charge is 2.09. The molecule has 0 saturated carbocycles. The zero-order valence-corrected chi connectivity index (χ0v) is 9.78. The number of aliphatic carboxylic acids is 1. The summed E-state index contributed by atoms with van der Waals surface area (Å²) in [5.41, 5.74) is 1.08. The van der Waals surface area contributed by atoms with Crippen LogP contribution in [0.3, 0.4) is 0 Å². The summed E-state index contributed by atoms with van der Waals surface area (Å²) in [6.07, 6.45) is 0. The molecule has 0 saturated heterocycles.